The fraction of sp³-hybridized carbons (Fsp3) is 1.00. The van der Waals surface area contributed by atoms with Gasteiger partial charge < -0.3 is 10.5 Å². The molecule has 1 fully saturated rings. The highest BCUT2D eigenvalue weighted by Crippen LogP contribution is 2.32. The van der Waals surface area contributed by atoms with Gasteiger partial charge in [-0.15, -0.1) is 0 Å². The van der Waals surface area contributed by atoms with Crippen LogP contribution in [-0.4, -0.2) is 42.8 Å². The number of likely N-dealkylation sites (N-methyl/N-ethyl adjacent to an activating group) is 1. The van der Waals surface area contributed by atoms with Crippen molar-refractivity contribution in [1.29, 1.82) is 0 Å². The van der Waals surface area contributed by atoms with Gasteiger partial charge in [-0.25, -0.2) is 0 Å². The van der Waals surface area contributed by atoms with E-state index in [4.69, 9.17) is 10.5 Å². The van der Waals surface area contributed by atoms with Gasteiger partial charge in [0.15, 0.2) is 0 Å². The summed E-state index contributed by atoms with van der Waals surface area (Å²) >= 11 is 0. The van der Waals surface area contributed by atoms with Crippen molar-refractivity contribution in [1.82, 2.24) is 4.90 Å². The molecule has 1 aliphatic rings. The highest BCUT2D eigenvalue weighted by molar-refractivity contribution is 4.96. The summed E-state index contributed by atoms with van der Waals surface area (Å²) in [6, 6.07) is 0.596. The molecule has 3 heteroatoms. The van der Waals surface area contributed by atoms with Gasteiger partial charge in [0.2, 0.25) is 0 Å². The van der Waals surface area contributed by atoms with Crippen LogP contribution >= 0.6 is 0 Å². The summed E-state index contributed by atoms with van der Waals surface area (Å²) in [5, 5.41) is 0. The van der Waals surface area contributed by atoms with Gasteiger partial charge in [-0.2, -0.15) is 0 Å². The van der Waals surface area contributed by atoms with Crippen LogP contribution in [0.15, 0.2) is 0 Å². The molecule has 0 spiro atoms. The Bertz CT molecular complexity index is 208. The summed E-state index contributed by atoms with van der Waals surface area (Å²) in [7, 11) is 2.22. The summed E-state index contributed by atoms with van der Waals surface area (Å²) < 4.78 is 5.77. The maximum Gasteiger partial charge on any atom is 0.0590 e. The van der Waals surface area contributed by atoms with Crippen molar-refractivity contribution in [3.05, 3.63) is 0 Å². The fourth-order valence-electron chi connectivity index (χ4n) is 2.65. The van der Waals surface area contributed by atoms with Crippen LogP contribution in [0.2, 0.25) is 0 Å². The molecule has 0 amide bonds. The first-order valence-electron chi connectivity index (χ1n) is 6.64. The van der Waals surface area contributed by atoms with E-state index in [0.717, 1.165) is 32.4 Å². The quantitative estimate of drug-likeness (QED) is 0.782. The largest absolute Gasteiger partial charge is 0.378 e. The smallest absolute Gasteiger partial charge is 0.0590 e. The Morgan fingerprint density at radius 3 is 2.69 bits per heavy atom. The van der Waals surface area contributed by atoms with E-state index in [1.165, 1.54) is 6.42 Å². The molecule has 1 heterocycles. The van der Waals surface area contributed by atoms with E-state index >= 15 is 0 Å². The Morgan fingerprint density at radius 1 is 1.50 bits per heavy atom. The first-order valence-corrected chi connectivity index (χ1v) is 6.64. The molecule has 1 aliphatic heterocycles. The zero-order valence-electron chi connectivity index (χ0n) is 11.3. The van der Waals surface area contributed by atoms with Crippen LogP contribution in [0.25, 0.3) is 0 Å². The van der Waals surface area contributed by atoms with Crippen molar-refractivity contribution in [2.75, 3.05) is 20.2 Å². The lowest BCUT2D eigenvalue weighted by molar-refractivity contribution is -0.0745. The summed E-state index contributed by atoms with van der Waals surface area (Å²) in [5.74, 6) is 0. The predicted octanol–water partition coefficient (Wildman–Crippen LogP) is 2.00. The summed E-state index contributed by atoms with van der Waals surface area (Å²) in [5.41, 5.74) is 6.21. The molecule has 0 radical (unpaired) electrons. The van der Waals surface area contributed by atoms with E-state index in [1.807, 2.05) is 0 Å². The van der Waals surface area contributed by atoms with Gasteiger partial charge in [-0.05, 0) is 39.7 Å². The summed E-state index contributed by atoms with van der Waals surface area (Å²) in [6.45, 7) is 8.32. The SMILES string of the molecule is CCC1CC(CN)(N(C)C(C)CC)CCO1. The molecule has 96 valence electrons. The third kappa shape index (κ3) is 2.76. The Kier molecular flexibility index (Phi) is 5.22. The van der Waals surface area contributed by atoms with E-state index in [-0.39, 0.29) is 5.54 Å². The summed E-state index contributed by atoms with van der Waals surface area (Å²) in [4.78, 5) is 2.48. The van der Waals surface area contributed by atoms with Gasteiger partial charge in [-0.1, -0.05) is 13.8 Å². The zero-order chi connectivity index (χ0) is 12.2. The lowest BCUT2D eigenvalue weighted by atomic mass is 9.83. The van der Waals surface area contributed by atoms with Gasteiger partial charge >= 0.3 is 0 Å². The molecule has 1 rings (SSSR count). The van der Waals surface area contributed by atoms with Gasteiger partial charge in [0.05, 0.1) is 6.10 Å². The molecule has 0 saturated carbocycles. The summed E-state index contributed by atoms with van der Waals surface area (Å²) in [6.07, 6.45) is 4.82. The van der Waals surface area contributed by atoms with E-state index in [0.29, 0.717) is 12.1 Å². The van der Waals surface area contributed by atoms with Gasteiger partial charge in [0, 0.05) is 24.7 Å². The maximum atomic E-state index is 6.05. The molecular formula is C13H28N2O. The van der Waals surface area contributed by atoms with Crippen LogP contribution in [0.1, 0.15) is 46.5 Å². The van der Waals surface area contributed by atoms with E-state index in [2.05, 4.69) is 32.7 Å². The predicted molar refractivity (Wildman–Crippen MR) is 68.6 cm³/mol. The minimum Gasteiger partial charge on any atom is -0.378 e. The second-order valence-electron chi connectivity index (χ2n) is 5.15. The van der Waals surface area contributed by atoms with Crippen LogP contribution in [0.4, 0.5) is 0 Å². The minimum atomic E-state index is 0.161. The number of hydrogen-bond donors (Lipinski definition) is 1. The molecule has 3 unspecified atom stereocenters. The minimum absolute atomic E-state index is 0.161. The molecule has 0 aliphatic carbocycles. The van der Waals surface area contributed by atoms with Crippen molar-refractivity contribution >= 4 is 0 Å². The average molecular weight is 228 g/mol. The zero-order valence-corrected chi connectivity index (χ0v) is 11.3. The second-order valence-corrected chi connectivity index (χ2v) is 5.15. The highest BCUT2D eigenvalue weighted by Gasteiger charge is 2.40. The first-order chi connectivity index (χ1) is 7.59. The molecule has 3 atom stereocenters. The van der Waals surface area contributed by atoms with Crippen molar-refractivity contribution in [2.45, 2.75) is 64.1 Å². The van der Waals surface area contributed by atoms with Crippen LogP contribution in [0.3, 0.4) is 0 Å². The van der Waals surface area contributed by atoms with Crippen molar-refractivity contribution in [3.63, 3.8) is 0 Å². The second kappa shape index (κ2) is 5.99. The maximum absolute atomic E-state index is 6.05. The van der Waals surface area contributed by atoms with E-state index in [1.54, 1.807) is 0 Å². The van der Waals surface area contributed by atoms with Crippen molar-refractivity contribution in [2.24, 2.45) is 5.73 Å². The third-order valence-electron chi connectivity index (χ3n) is 4.36. The molecule has 0 aromatic rings. The van der Waals surface area contributed by atoms with E-state index in [9.17, 15) is 0 Å². The molecule has 0 aromatic carbocycles. The van der Waals surface area contributed by atoms with Crippen molar-refractivity contribution < 1.29 is 4.74 Å². The van der Waals surface area contributed by atoms with Crippen LogP contribution in [0, 0.1) is 0 Å². The first kappa shape index (κ1) is 13.9. The number of nitrogens with two attached hydrogens (primary N) is 1. The Balaban J connectivity index is 2.75. The Morgan fingerprint density at radius 2 is 2.19 bits per heavy atom. The van der Waals surface area contributed by atoms with Crippen molar-refractivity contribution in [3.8, 4) is 0 Å². The van der Waals surface area contributed by atoms with Crippen LogP contribution < -0.4 is 5.73 Å². The molecule has 2 N–H and O–H groups in total. The monoisotopic (exact) mass is 228 g/mol. The molecule has 0 aromatic heterocycles. The molecule has 16 heavy (non-hydrogen) atoms. The van der Waals surface area contributed by atoms with Gasteiger partial charge in [-0.3, -0.25) is 4.90 Å². The van der Waals surface area contributed by atoms with E-state index < -0.39 is 0 Å². The number of rotatable bonds is 5. The Labute approximate surface area is 100 Å². The Hall–Kier alpha value is -0.120. The van der Waals surface area contributed by atoms with Gasteiger partial charge in [0.25, 0.3) is 0 Å². The topological polar surface area (TPSA) is 38.5 Å². The van der Waals surface area contributed by atoms with Gasteiger partial charge in [0.1, 0.15) is 0 Å². The van der Waals surface area contributed by atoms with Crippen LogP contribution in [0.5, 0.6) is 0 Å². The fourth-order valence-corrected chi connectivity index (χ4v) is 2.65. The molecule has 0 bridgehead atoms. The highest BCUT2D eigenvalue weighted by atomic mass is 16.5. The number of nitrogens with zero attached hydrogens (tertiary/aromatic N) is 1. The third-order valence-corrected chi connectivity index (χ3v) is 4.36. The number of hydrogen-bond acceptors (Lipinski definition) is 3. The normalized spacial score (nSPS) is 33.0. The molecule has 3 nitrogen and oxygen atoms in total. The van der Waals surface area contributed by atoms with Crippen LogP contribution in [-0.2, 0) is 4.74 Å². The lowest BCUT2D eigenvalue weighted by Crippen LogP contribution is -2.59. The number of ether oxygens (including phenoxy) is 1. The molecular weight excluding hydrogens is 200 g/mol. The average Bonchev–Trinajstić information content (AvgIpc) is 2.36. The lowest BCUT2D eigenvalue weighted by Gasteiger charge is -2.48. The standard InChI is InChI=1S/C13H28N2O/c1-5-11(3)15(4)13(10-14)7-8-16-12(6-2)9-13/h11-12H,5-10,14H2,1-4H3. The molecule has 1 saturated heterocycles.